The summed E-state index contributed by atoms with van der Waals surface area (Å²) in [6.45, 7) is 0.712. The van der Waals surface area contributed by atoms with E-state index in [-0.39, 0.29) is 18.4 Å². The highest BCUT2D eigenvalue weighted by atomic mass is 16.4. The molecule has 7 heteroatoms. The van der Waals surface area contributed by atoms with Crippen LogP contribution in [-0.4, -0.2) is 35.2 Å². The van der Waals surface area contributed by atoms with Crippen molar-refractivity contribution >= 4 is 12.0 Å². The zero-order valence-corrected chi connectivity index (χ0v) is 9.26. The third kappa shape index (κ3) is 6.20. The molecule has 7 nitrogen and oxygen atoms in total. The highest BCUT2D eigenvalue weighted by Crippen LogP contribution is 2.12. The molecule has 0 aromatic heterocycles. The van der Waals surface area contributed by atoms with Gasteiger partial charge in [-0.1, -0.05) is 0 Å². The minimum absolute atomic E-state index is 0.196. The first-order valence-corrected chi connectivity index (χ1v) is 5.23. The largest absolute Gasteiger partial charge is 0.464 e. The van der Waals surface area contributed by atoms with Crippen LogP contribution in [0.4, 0.5) is 4.79 Å². The quantitative estimate of drug-likeness (QED) is 0.253. The van der Waals surface area contributed by atoms with Gasteiger partial charge in [-0.3, -0.25) is 4.79 Å². The monoisotopic (exact) mass is 232 g/mol. The van der Waals surface area contributed by atoms with Crippen LogP contribution in [0.25, 0.3) is 0 Å². The Morgan fingerprint density at radius 3 is 2.25 bits per heavy atom. The molecule has 16 heavy (non-hydrogen) atoms. The van der Waals surface area contributed by atoms with E-state index in [0.29, 0.717) is 30.8 Å². The summed E-state index contributed by atoms with van der Waals surface area (Å²) >= 11 is 0. The summed E-state index contributed by atoms with van der Waals surface area (Å²) in [6.07, 6.45) is 1.25. The maximum atomic E-state index is 11.0. The number of carbonyl (C=O) groups excluding carboxylic acids is 1. The van der Waals surface area contributed by atoms with E-state index in [9.17, 15) is 9.59 Å². The van der Waals surface area contributed by atoms with E-state index in [1.165, 1.54) is 0 Å². The van der Waals surface area contributed by atoms with Crippen LogP contribution in [0.1, 0.15) is 25.7 Å². The molecule has 0 fully saturated rings. The van der Waals surface area contributed by atoms with Crippen molar-refractivity contribution in [3.8, 4) is 0 Å². The van der Waals surface area contributed by atoms with E-state index < -0.39 is 6.09 Å². The van der Waals surface area contributed by atoms with E-state index in [2.05, 4.69) is 0 Å². The van der Waals surface area contributed by atoms with Crippen molar-refractivity contribution < 1.29 is 14.7 Å². The summed E-state index contributed by atoms with van der Waals surface area (Å²) in [6, 6.07) is 0. The van der Waals surface area contributed by atoms with Crippen LogP contribution in [0.5, 0.6) is 0 Å². The molecule has 1 unspecified atom stereocenters. The average Bonchev–Trinajstić information content (AvgIpc) is 2.21. The van der Waals surface area contributed by atoms with E-state index in [1.54, 1.807) is 0 Å². The molecule has 0 saturated heterocycles. The highest BCUT2D eigenvalue weighted by molar-refractivity contribution is 5.76. The first-order chi connectivity index (χ1) is 7.49. The van der Waals surface area contributed by atoms with Crippen molar-refractivity contribution in [2.45, 2.75) is 25.7 Å². The predicted octanol–water partition coefficient (Wildman–Crippen LogP) is -0.539. The lowest BCUT2D eigenvalue weighted by Gasteiger charge is -2.15. The molecular weight excluding hydrogens is 212 g/mol. The SMILES string of the molecule is NCCCC(CCCN(N)C(=O)O)C(N)=O. The molecule has 0 aromatic rings. The molecule has 0 aromatic carbocycles. The summed E-state index contributed by atoms with van der Waals surface area (Å²) < 4.78 is 0. The predicted molar refractivity (Wildman–Crippen MR) is 59.1 cm³/mol. The van der Waals surface area contributed by atoms with Gasteiger partial charge in [0, 0.05) is 12.5 Å². The lowest BCUT2D eigenvalue weighted by atomic mass is 9.97. The van der Waals surface area contributed by atoms with Gasteiger partial charge in [-0.25, -0.2) is 15.6 Å². The lowest BCUT2D eigenvalue weighted by molar-refractivity contribution is -0.122. The zero-order valence-electron chi connectivity index (χ0n) is 9.26. The van der Waals surface area contributed by atoms with E-state index in [0.717, 1.165) is 6.42 Å². The zero-order chi connectivity index (χ0) is 12.6. The molecule has 0 heterocycles. The molecule has 0 rings (SSSR count). The summed E-state index contributed by atoms with van der Waals surface area (Å²) in [5.41, 5.74) is 10.5. The van der Waals surface area contributed by atoms with Gasteiger partial charge in [0.25, 0.3) is 0 Å². The second kappa shape index (κ2) is 7.89. The molecule has 0 spiro atoms. The minimum Gasteiger partial charge on any atom is -0.464 e. The molecular formula is C9H20N4O3. The Bertz CT molecular complexity index is 235. The van der Waals surface area contributed by atoms with Crippen molar-refractivity contribution in [2.24, 2.45) is 23.2 Å². The minimum atomic E-state index is -1.18. The molecule has 0 radical (unpaired) electrons. The number of hydrogen-bond donors (Lipinski definition) is 4. The fraction of sp³-hybridized carbons (Fsp3) is 0.778. The maximum absolute atomic E-state index is 11.0. The number of carbonyl (C=O) groups is 2. The Kier molecular flexibility index (Phi) is 7.23. The van der Waals surface area contributed by atoms with Crippen LogP contribution in [0, 0.1) is 5.92 Å². The molecule has 94 valence electrons. The van der Waals surface area contributed by atoms with Crippen molar-refractivity contribution in [3.05, 3.63) is 0 Å². The topological polar surface area (TPSA) is 136 Å². The Morgan fingerprint density at radius 1 is 1.25 bits per heavy atom. The molecule has 0 bridgehead atoms. The van der Waals surface area contributed by atoms with Crippen LogP contribution in [0.2, 0.25) is 0 Å². The van der Waals surface area contributed by atoms with Gasteiger partial charge in [0.2, 0.25) is 5.91 Å². The van der Waals surface area contributed by atoms with Crippen LogP contribution in [-0.2, 0) is 4.79 Å². The molecule has 7 N–H and O–H groups in total. The molecule has 1 atom stereocenters. The van der Waals surface area contributed by atoms with Gasteiger partial charge in [-0.05, 0) is 32.2 Å². The van der Waals surface area contributed by atoms with E-state index in [1.807, 2.05) is 0 Å². The second-order valence-corrected chi connectivity index (χ2v) is 3.65. The summed E-state index contributed by atoms with van der Waals surface area (Å²) in [7, 11) is 0. The van der Waals surface area contributed by atoms with Gasteiger partial charge >= 0.3 is 6.09 Å². The van der Waals surface area contributed by atoms with Gasteiger partial charge in [-0.15, -0.1) is 0 Å². The van der Waals surface area contributed by atoms with Gasteiger partial charge in [-0.2, -0.15) is 0 Å². The van der Waals surface area contributed by atoms with E-state index in [4.69, 9.17) is 22.4 Å². The maximum Gasteiger partial charge on any atom is 0.421 e. The van der Waals surface area contributed by atoms with Crippen molar-refractivity contribution in [2.75, 3.05) is 13.1 Å². The van der Waals surface area contributed by atoms with Crippen molar-refractivity contribution in [1.29, 1.82) is 0 Å². The van der Waals surface area contributed by atoms with Crippen LogP contribution in [0.15, 0.2) is 0 Å². The number of nitrogens with zero attached hydrogens (tertiary/aromatic N) is 1. The highest BCUT2D eigenvalue weighted by Gasteiger charge is 2.15. The third-order valence-electron chi connectivity index (χ3n) is 2.36. The second-order valence-electron chi connectivity index (χ2n) is 3.65. The summed E-state index contributed by atoms with van der Waals surface area (Å²) in [5.74, 6) is 4.56. The van der Waals surface area contributed by atoms with Crippen LogP contribution >= 0.6 is 0 Å². The van der Waals surface area contributed by atoms with Crippen LogP contribution in [0.3, 0.4) is 0 Å². The fourth-order valence-electron chi connectivity index (χ4n) is 1.40. The average molecular weight is 232 g/mol. The van der Waals surface area contributed by atoms with Crippen molar-refractivity contribution in [1.82, 2.24) is 5.01 Å². The van der Waals surface area contributed by atoms with Gasteiger partial charge in [0.1, 0.15) is 0 Å². The Hall–Kier alpha value is -1.34. The van der Waals surface area contributed by atoms with Gasteiger partial charge < -0.3 is 16.6 Å². The van der Waals surface area contributed by atoms with Gasteiger partial charge in [0.05, 0.1) is 0 Å². The summed E-state index contributed by atoms with van der Waals surface area (Å²) in [5, 5.41) is 9.19. The van der Waals surface area contributed by atoms with Crippen LogP contribution < -0.4 is 17.3 Å². The number of hydrogen-bond acceptors (Lipinski definition) is 4. The first kappa shape index (κ1) is 14.7. The molecule has 0 aliphatic carbocycles. The Balaban J connectivity index is 3.84. The van der Waals surface area contributed by atoms with Crippen molar-refractivity contribution in [3.63, 3.8) is 0 Å². The number of amides is 2. The van der Waals surface area contributed by atoms with E-state index >= 15 is 0 Å². The fourth-order valence-corrected chi connectivity index (χ4v) is 1.40. The smallest absolute Gasteiger partial charge is 0.421 e. The number of nitrogens with two attached hydrogens (primary N) is 3. The number of carboxylic acid groups (broad SMARTS) is 1. The lowest BCUT2D eigenvalue weighted by Crippen LogP contribution is -2.37. The Morgan fingerprint density at radius 2 is 1.81 bits per heavy atom. The summed E-state index contributed by atoms with van der Waals surface area (Å²) in [4.78, 5) is 21.4. The number of rotatable bonds is 8. The molecule has 0 aliphatic heterocycles. The molecule has 2 amide bonds. The number of primary amides is 1. The third-order valence-corrected chi connectivity index (χ3v) is 2.36. The molecule has 0 aliphatic rings. The Labute approximate surface area is 94.5 Å². The standard InChI is InChI=1S/C9H20N4O3/c10-5-1-3-7(8(11)14)4-2-6-13(12)9(15)16/h7H,1-6,10,12H2,(H2,11,14)(H,15,16). The normalized spacial score (nSPS) is 12.1. The molecule has 0 saturated carbocycles. The first-order valence-electron chi connectivity index (χ1n) is 5.23. The number of hydrazine groups is 1. The van der Waals surface area contributed by atoms with Gasteiger partial charge in [0.15, 0.2) is 0 Å².